The molecule has 2 aromatic rings. The molecule has 0 bridgehead atoms. The summed E-state index contributed by atoms with van der Waals surface area (Å²) in [6.45, 7) is 6.52. The summed E-state index contributed by atoms with van der Waals surface area (Å²) < 4.78 is 7.22. The SMILES string of the molecule is CCNc1cc(NCc2ccnn2C)nc(COCC)n1. The molecule has 0 saturated carbocycles. The number of aromatic nitrogens is 4. The minimum Gasteiger partial charge on any atom is -0.374 e. The Kier molecular flexibility index (Phi) is 5.51. The van der Waals surface area contributed by atoms with Crippen LogP contribution in [0.4, 0.5) is 11.6 Å². The fourth-order valence-corrected chi connectivity index (χ4v) is 1.87. The summed E-state index contributed by atoms with van der Waals surface area (Å²) in [5.41, 5.74) is 1.09. The Morgan fingerprint density at radius 2 is 1.95 bits per heavy atom. The van der Waals surface area contributed by atoms with Gasteiger partial charge in [0, 0.05) is 32.5 Å². The van der Waals surface area contributed by atoms with Gasteiger partial charge >= 0.3 is 0 Å². The zero-order chi connectivity index (χ0) is 15.1. The van der Waals surface area contributed by atoms with E-state index in [1.54, 1.807) is 6.20 Å². The monoisotopic (exact) mass is 290 g/mol. The third kappa shape index (κ3) is 4.42. The van der Waals surface area contributed by atoms with E-state index in [2.05, 4.69) is 25.7 Å². The van der Waals surface area contributed by atoms with E-state index in [-0.39, 0.29) is 0 Å². The standard InChI is InChI=1S/C14H22N6O/c1-4-15-12-8-13(19-14(18-12)10-21-5-2)16-9-11-6-7-17-20(11)3/h6-8H,4-5,9-10H2,1-3H3,(H2,15,16,18,19). The van der Waals surface area contributed by atoms with E-state index in [9.17, 15) is 0 Å². The zero-order valence-electron chi connectivity index (χ0n) is 12.8. The molecule has 0 aromatic carbocycles. The number of aryl methyl sites for hydroxylation is 1. The second-order valence-corrected chi connectivity index (χ2v) is 4.52. The lowest BCUT2D eigenvalue weighted by Gasteiger charge is -2.11. The van der Waals surface area contributed by atoms with Crippen LogP contribution in [0.15, 0.2) is 18.3 Å². The van der Waals surface area contributed by atoms with E-state index in [1.165, 1.54) is 0 Å². The Bertz CT molecular complexity index is 568. The van der Waals surface area contributed by atoms with Crippen LogP contribution < -0.4 is 10.6 Å². The molecule has 114 valence electrons. The van der Waals surface area contributed by atoms with Gasteiger partial charge in [0.05, 0.1) is 12.2 Å². The molecule has 2 N–H and O–H groups in total. The van der Waals surface area contributed by atoms with Crippen molar-refractivity contribution in [2.45, 2.75) is 27.0 Å². The minimum atomic E-state index is 0.413. The Balaban J connectivity index is 2.09. The summed E-state index contributed by atoms with van der Waals surface area (Å²) in [7, 11) is 1.92. The van der Waals surface area contributed by atoms with E-state index < -0.39 is 0 Å². The van der Waals surface area contributed by atoms with Gasteiger partial charge in [-0.1, -0.05) is 0 Å². The van der Waals surface area contributed by atoms with E-state index >= 15 is 0 Å². The van der Waals surface area contributed by atoms with Crippen LogP contribution in [0.25, 0.3) is 0 Å². The van der Waals surface area contributed by atoms with Crippen LogP contribution >= 0.6 is 0 Å². The van der Waals surface area contributed by atoms with Crippen molar-refractivity contribution in [3.63, 3.8) is 0 Å². The molecule has 0 saturated heterocycles. The van der Waals surface area contributed by atoms with E-state index in [1.807, 2.05) is 37.7 Å². The van der Waals surface area contributed by atoms with Crippen LogP contribution in [0.1, 0.15) is 25.4 Å². The molecule has 0 aliphatic rings. The van der Waals surface area contributed by atoms with Crippen molar-refractivity contribution in [1.29, 1.82) is 0 Å². The number of hydrogen-bond acceptors (Lipinski definition) is 6. The summed E-state index contributed by atoms with van der Waals surface area (Å²) in [4.78, 5) is 8.88. The van der Waals surface area contributed by atoms with Crippen LogP contribution in [-0.2, 0) is 24.9 Å². The van der Waals surface area contributed by atoms with Crippen LogP contribution in [0.5, 0.6) is 0 Å². The molecule has 21 heavy (non-hydrogen) atoms. The minimum absolute atomic E-state index is 0.413. The van der Waals surface area contributed by atoms with Gasteiger partial charge in [0.25, 0.3) is 0 Å². The number of rotatable bonds is 8. The average Bonchev–Trinajstić information content (AvgIpc) is 2.88. The van der Waals surface area contributed by atoms with Crippen LogP contribution in [0.2, 0.25) is 0 Å². The van der Waals surface area contributed by atoms with Gasteiger partial charge in [0.1, 0.15) is 18.2 Å². The average molecular weight is 290 g/mol. The van der Waals surface area contributed by atoms with Crippen LogP contribution in [0.3, 0.4) is 0 Å². The summed E-state index contributed by atoms with van der Waals surface area (Å²) in [5.74, 6) is 2.24. The molecule has 0 amide bonds. The van der Waals surface area contributed by atoms with Crippen molar-refractivity contribution in [3.05, 3.63) is 29.8 Å². The molecular formula is C14H22N6O. The maximum Gasteiger partial charge on any atom is 0.158 e. The highest BCUT2D eigenvalue weighted by molar-refractivity contribution is 5.47. The lowest BCUT2D eigenvalue weighted by molar-refractivity contribution is 0.128. The second kappa shape index (κ2) is 7.58. The van der Waals surface area contributed by atoms with Crippen molar-refractivity contribution in [3.8, 4) is 0 Å². The quantitative estimate of drug-likeness (QED) is 0.772. The summed E-state index contributed by atoms with van der Waals surface area (Å²) in [6, 6.07) is 3.87. The molecule has 2 heterocycles. The molecule has 0 unspecified atom stereocenters. The number of nitrogens with one attached hydrogen (secondary N) is 2. The van der Waals surface area contributed by atoms with Crippen LogP contribution in [0, 0.1) is 0 Å². The third-order valence-electron chi connectivity index (χ3n) is 2.94. The molecule has 0 spiro atoms. The van der Waals surface area contributed by atoms with Crippen molar-refractivity contribution in [2.24, 2.45) is 7.05 Å². The topological polar surface area (TPSA) is 76.9 Å². The van der Waals surface area contributed by atoms with Gasteiger partial charge in [-0.25, -0.2) is 9.97 Å². The van der Waals surface area contributed by atoms with Gasteiger partial charge < -0.3 is 15.4 Å². The fourth-order valence-electron chi connectivity index (χ4n) is 1.87. The summed E-state index contributed by atoms with van der Waals surface area (Å²) in [5, 5.41) is 10.6. The predicted octanol–water partition coefficient (Wildman–Crippen LogP) is 1.79. The maximum absolute atomic E-state index is 5.38. The van der Waals surface area contributed by atoms with Gasteiger partial charge in [-0.15, -0.1) is 0 Å². The first-order chi connectivity index (χ1) is 10.2. The summed E-state index contributed by atoms with van der Waals surface area (Å²) in [6.07, 6.45) is 1.78. The van der Waals surface area contributed by atoms with E-state index in [4.69, 9.17) is 4.74 Å². The van der Waals surface area contributed by atoms with Crippen molar-refractivity contribution >= 4 is 11.6 Å². The molecule has 7 nitrogen and oxygen atoms in total. The number of ether oxygens (including phenoxy) is 1. The molecule has 7 heteroatoms. The number of nitrogens with zero attached hydrogens (tertiary/aromatic N) is 4. The molecule has 0 aliphatic heterocycles. The highest BCUT2D eigenvalue weighted by Crippen LogP contribution is 2.13. The van der Waals surface area contributed by atoms with Gasteiger partial charge in [-0.2, -0.15) is 5.10 Å². The predicted molar refractivity (Wildman–Crippen MR) is 82.1 cm³/mol. The van der Waals surface area contributed by atoms with Gasteiger partial charge in [-0.05, 0) is 19.9 Å². The third-order valence-corrected chi connectivity index (χ3v) is 2.94. The highest BCUT2D eigenvalue weighted by Gasteiger charge is 2.05. The number of hydrogen-bond donors (Lipinski definition) is 2. The smallest absolute Gasteiger partial charge is 0.158 e. The molecule has 2 rings (SSSR count). The molecule has 2 aromatic heterocycles. The highest BCUT2D eigenvalue weighted by atomic mass is 16.5. The molecular weight excluding hydrogens is 268 g/mol. The normalized spacial score (nSPS) is 10.6. The van der Waals surface area contributed by atoms with Gasteiger partial charge in [0.2, 0.25) is 0 Å². The molecule has 0 aliphatic carbocycles. The van der Waals surface area contributed by atoms with Crippen molar-refractivity contribution in [2.75, 3.05) is 23.8 Å². The Labute approximate surface area is 124 Å². The molecule has 0 fully saturated rings. The second-order valence-electron chi connectivity index (χ2n) is 4.52. The lowest BCUT2D eigenvalue weighted by atomic mass is 10.4. The molecule has 0 radical (unpaired) electrons. The van der Waals surface area contributed by atoms with Crippen LogP contribution in [-0.4, -0.2) is 32.9 Å². The summed E-state index contributed by atoms with van der Waals surface area (Å²) >= 11 is 0. The Morgan fingerprint density at radius 3 is 2.57 bits per heavy atom. The lowest BCUT2D eigenvalue weighted by Crippen LogP contribution is -2.10. The first-order valence-electron chi connectivity index (χ1n) is 7.13. The Hall–Kier alpha value is -2.15. The van der Waals surface area contributed by atoms with Gasteiger partial charge in [0.15, 0.2) is 5.82 Å². The molecule has 0 atom stereocenters. The van der Waals surface area contributed by atoms with Crippen molar-refractivity contribution < 1.29 is 4.74 Å². The Morgan fingerprint density at radius 1 is 1.19 bits per heavy atom. The fraction of sp³-hybridized carbons (Fsp3) is 0.500. The zero-order valence-corrected chi connectivity index (χ0v) is 12.8. The van der Waals surface area contributed by atoms with E-state index in [0.717, 1.165) is 23.9 Å². The first kappa shape index (κ1) is 15.2. The van der Waals surface area contributed by atoms with E-state index in [0.29, 0.717) is 25.6 Å². The largest absolute Gasteiger partial charge is 0.374 e. The van der Waals surface area contributed by atoms with Crippen molar-refractivity contribution in [1.82, 2.24) is 19.7 Å². The maximum atomic E-state index is 5.38. The van der Waals surface area contributed by atoms with Gasteiger partial charge in [-0.3, -0.25) is 4.68 Å². The first-order valence-corrected chi connectivity index (χ1v) is 7.13. The number of anilines is 2.